The molecule has 142 valence electrons. The molecule has 1 fully saturated rings. The molecule has 1 saturated heterocycles. The fraction of sp³-hybridized carbons (Fsp3) is 0.526. The number of rotatable bonds is 6. The summed E-state index contributed by atoms with van der Waals surface area (Å²) in [7, 11) is 0. The summed E-state index contributed by atoms with van der Waals surface area (Å²) in [6.45, 7) is 9.68. The minimum absolute atomic E-state index is 0.0171. The van der Waals surface area contributed by atoms with Crippen LogP contribution in [0.2, 0.25) is 0 Å². The van der Waals surface area contributed by atoms with Crippen LogP contribution >= 0.6 is 0 Å². The summed E-state index contributed by atoms with van der Waals surface area (Å²) in [4.78, 5) is 36.6. The van der Waals surface area contributed by atoms with E-state index in [1.807, 2.05) is 30.3 Å². The Bertz CT molecular complexity index is 684. The molecule has 3 N–H and O–H groups in total. The number of nitrogens with zero attached hydrogens (tertiary/aromatic N) is 1. The van der Waals surface area contributed by atoms with Crippen LogP contribution in [0.4, 0.5) is 4.79 Å². The Morgan fingerprint density at radius 2 is 1.85 bits per heavy atom. The molecule has 4 amide bonds. The van der Waals surface area contributed by atoms with Gasteiger partial charge in [0.05, 0.1) is 6.54 Å². The van der Waals surface area contributed by atoms with Crippen LogP contribution in [0.25, 0.3) is 0 Å². The van der Waals surface area contributed by atoms with Crippen molar-refractivity contribution >= 4 is 17.8 Å². The van der Waals surface area contributed by atoms with Crippen LogP contribution in [0.5, 0.6) is 0 Å². The highest BCUT2D eigenvalue weighted by molar-refractivity contribution is 6.07. The van der Waals surface area contributed by atoms with Gasteiger partial charge in [0.2, 0.25) is 0 Å². The first-order valence-electron chi connectivity index (χ1n) is 8.83. The fourth-order valence-electron chi connectivity index (χ4n) is 2.95. The molecular formula is C19H28N4O3. The molecular weight excluding hydrogens is 332 g/mol. The van der Waals surface area contributed by atoms with Gasteiger partial charge in [-0.15, -0.1) is 0 Å². The lowest BCUT2D eigenvalue weighted by atomic mass is 9.82. The normalized spacial score (nSPS) is 21.5. The maximum Gasteiger partial charge on any atom is 0.344 e. The first-order valence-corrected chi connectivity index (χ1v) is 8.83. The zero-order chi connectivity index (χ0) is 19.5. The molecule has 1 aromatic carbocycles. The lowest BCUT2D eigenvalue weighted by molar-refractivity contribution is -0.138. The Hall–Kier alpha value is -2.41. The smallest absolute Gasteiger partial charge is 0.322 e. The zero-order valence-electron chi connectivity index (χ0n) is 16.1. The van der Waals surface area contributed by atoms with Gasteiger partial charge in [0.25, 0.3) is 11.8 Å². The highest BCUT2D eigenvalue weighted by Crippen LogP contribution is 2.32. The van der Waals surface area contributed by atoms with Crippen LogP contribution in [0.1, 0.15) is 52.6 Å². The van der Waals surface area contributed by atoms with Crippen molar-refractivity contribution in [1.82, 2.24) is 21.1 Å². The summed E-state index contributed by atoms with van der Waals surface area (Å²) in [5, 5.41) is 6.60. The monoisotopic (exact) mass is 360 g/mol. The van der Waals surface area contributed by atoms with E-state index in [0.29, 0.717) is 6.42 Å². The van der Waals surface area contributed by atoms with Gasteiger partial charge in [-0.2, -0.15) is 5.01 Å². The third kappa shape index (κ3) is 4.22. The van der Waals surface area contributed by atoms with E-state index in [1.54, 1.807) is 13.8 Å². The molecule has 1 aromatic rings. The number of imide groups is 1. The Morgan fingerprint density at radius 1 is 1.23 bits per heavy atom. The van der Waals surface area contributed by atoms with Gasteiger partial charge >= 0.3 is 6.03 Å². The highest BCUT2D eigenvalue weighted by atomic mass is 16.2. The highest BCUT2D eigenvalue weighted by Gasteiger charge is 2.47. The average molecular weight is 360 g/mol. The van der Waals surface area contributed by atoms with Crippen LogP contribution in [0.15, 0.2) is 30.3 Å². The van der Waals surface area contributed by atoms with Crippen molar-refractivity contribution < 1.29 is 14.4 Å². The SMILES string of the molecule is CCC1(C)NC(=O)N(NC(=O)CNC(c2ccccc2)C(C)(C)C)C1=O. The van der Waals surface area contributed by atoms with E-state index < -0.39 is 23.4 Å². The van der Waals surface area contributed by atoms with E-state index in [2.05, 4.69) is 36.8 Å². The van der Waals surface area contributed by atoms with Gasteiger partial charge in [0.1, 0.15) is 5.54 Å². The van der Waals surface area contributed by atoms with Crippen molar-refractivity contribution in [2.24, 2.45) is 5.41 Å². The van der Waals surface area contributed by atoms with Crippen molar-refractivity contribution in [2.45, 2.75) is 52.6 Å². The van der Waals surface area contributed by atoms with Crippen molar-refractivity contribution in [2.75, 3.05) is 6.54 Å². The van der Waals surface area contributed by atoms with Gasteiger partial charge in [-0.3, -0.25) is 15.0 Å². The van der Waals surface area contributed by atoms with E-state index in [1.165, 1.54) is 0 Å². The molecule has 26 heavy (non-hydrogen) atoms. The number of carbonyl (C=O) groups is 3. The first-order chi connectivity index (χ1) is 12.1. The maximum absolute atomic E-state index is 12.3. The molecule has 1 aliphatic rings. The van der Waals surface area contributed by atoms with E-state index in [9.17, 15) is 14.4 Å². The summed E-state index contributed by atoms with van der Waals surface area (Å²) >= 11 is 0. The topological polar surface area (TPSA) is 90.5 Å². The number of hydrazine groups is 1. The molecule has 0 radical (unpaired) electrons. The van der Waals surface area contributed by atoms with Crippen molar-refractivity contribution in [3.05, 3.63) is 35.9 Å². The Kier molecular flexibility index (Phi) is 5.71. The van der Waals surface area contributed by atoms with Gasteiger partial charge in [-0.25, -0.2) is 4.79 Å². The summed E-state index contributed by atoms with van der Waals surface area (Å²) in [5.41, 5.74) is 2.37. The molecule has 2 atom stereocenters. The van der Waals surface area contributed by atoms with Crippen molar-refractivity contribution in [3.8, 4) is 0 Å². The summed E-state index contributed by atoms with van der Waals surface area (Å²) < 4.78 is 0. The predicted octanol–water partition coefficient (Wildman–Crippen LogP) is 2.12. The fourth-order valence-corrected chi connectivity index (χ4v) is 2.95. The largest absolute Gasteiger partial charge is 0.344 e. The lowest BCUT2D eigenvalue weighted by Gasteiger charge is -2.32. The molecule has 0 saturated carbocycles. The lowest BCUT2D eigenvalue weighted by Crippen LogP contribution is -2.51. The number of hydrogen-bond acceptors (Lipinski definition) is 4. The zero-order valence-corrected chi connectivity index (χ0v) is 16.1. The minimum Gasteiger partial charge on any atom is -0.322 e. The quantitative estimate of drug-likeness (QED) is 0.678. The van der Waals surface area contributed by atoms with Crippen LogP contribution in [-0.4, -0.2) is 34.9 Å². The number of amides is 4. The maximum atomic E-state index is 12.3. The van der Waals surface area contributed by atoms with Crippen molar-refractivity contribution in [1.29, 1.82) is 0 Å². The first kappa shape index (κ1) is 19.9. The number of hydrogen-bond donors (Lipinski definition) is 3. The minimum atomic E-state index is -0.976. The Balaban J connectivity index is 2.01. The summed E-state index contributed by atoms with van der Waals surface area (Å²) in [5.74, 6) is -0.896. The van der Waals surface area contributed by atoms with Crippen LogP contribution < -0.4 is 16.1 Å². The van der Waals surface area contributed by atoms with Crippen LogP contribution in [-0.2, 0) is 9.59 Å². The van der Waals surface area contributed by atoms with Gasteiger partial charge < -0.3 is 10.6 Å². The number of carbonyl (C=O) groups excluding carboxylic acids is 3. The molecule has 7 nitrogen and oxygen atoms in total. The van der Waals surface area contributed by atoms with E-state index >= 15 is 0 Å². The molecule has 2 rings (SSSR count). The molecule has 0 bridgehead atoms. The summed E-state index contributed by atoms with van der Waals surface area (Å²) in [6, 6.07) is 9.19. The molecule has 7 heteroatoms. The molecule has 1 heterocycles. The average Bonchev–Trinajstić information content (AvgIpc) is 2.79. The number of nitrogens with one attached hydrogen (secondary N) is 3. The standard InChI is InChI=1S/C19H28N4O3/c1-6-19(5)16(25)23(17(26)21-19)22-14(24)12-20-15(18(2,3)4)13-10-8-7-9-11-13/h7-11,15,20H,6,12H2,1-5H3,(H,21,26)(H,22,24). The second-order valence-electron chi connectivity index (χ2n) is 7.88. The van der Waals surface area contributed by atoms with Gasteiger partial charge in [-0.05, 0) is 24.3 Å². The number of benzene rings is 1. The van der Waals surface area contributed by atoms with Crippen LogP contribution in [0, 0.1) is 5.41 Å². The van der Waals surface area contributed by atoms with Gasteiger partial charge in [-0.1, -0.05) is 58.0 Å². The molecule has 0 aromatic heterocycles. The van der Waals surface area contributed by atoms with Gasteiger partial charge in [0.15, 0.2) is 0 Å². The van der Waals surface area contributed by atoms with Crippen LogP contribution in [0.3, 0.4) is 0 Å². The van der Waals surface area contributed by atoms with E-state index in [0.717, 1.165) is 10.6 Å². The van der Waals surface area contributed by atoms with E-state index in [4.69, 9.17) is 0 Å². The molecule has 0 spiro atoms. The second-order valence-corrected chi connectivity index (χ2v) is 7.88. The van der Waals surface area contributed by atoms with Gasteiger partial charge in [0, 0.05) is 6.04 Å². The third-order valence-electron chi connectivity index (χ3n) is 4.67. The Labute approximate surface area is 154 Å². The summed E-state index contributed by atoms with van der Waals surface area (Å²) in [6.07, 6.45) is 0.447. The second kappa shape index (κ2) is 7.45. The third-order valence-corrected chi connectivity index (χ3v) is 4.67. The molecule has 0 aliphatic carbocycles. The van der Waals surface area contributed by atoms with E-state index in [-0.39, 0.29) is 18.0 Å². The Morgan fingerprint density at radius 3 is 2.35 bits per heavy atom. The molecule has 1 aliphatic heterocycles. The number of urea groups is 1. The van der Waals surface area contributed by atoms with Crippen molar-refractivity contribution in [3.63, 3.8) is 0 Å². The predicted molar refractivity (Wildman–Crippen MR) is 98.9 cm³/mol. The molecule has 2 unspecified atom stereocenters.